The van der Waals surface area contributed by atoms with E-state index in [0.29, 0.717) is 13.0 Å². The molecule has 0 spiro atoms. The Bertz CT molecular complexity index is 341. The average molecular weight is 251 g/mol. The topological polar surface area (TPSA) is 41.5 Å². The molecule has 1 aromatic carbocycles. The lowest BCUT2D eigenvalue weighted by molar-refractivity contribution is 0.103. The van der Waals surface area contributed by atoms with E-state index >= 15 is 0 Å². The third kappa shape index (κ3) is 4.67. The quantitative estimate of drug-likeness (QED) is 0.746. The van der Waals surface area contributed by atoms with Gasteiger partial charge in [-0.25, -0.2) is 0 Å². The van der Waals surface area contributed by atoms with Gasteiger partial charge in [0.05, 0.1) is 6.10 Å². The van der Waals surface area contributed by atoms with Gasteiger partial charge in [0.2, 0.25) is 0 Å². The molecule has 0 aromatic heterocycles. The van der Waals surface area contributed by atoms with Gasteiger partial charge in [-0.15, -0.1) is 0 Å². The number of ether oxygens (including phenoxy) is 1. The molecule has 3 heteroatoms. The number of nitrogens with one attached hydrogen (secondary N) is 1. The molecular formula is C15H25NO2. The van der Waals surface area contributed by atoms with E-state index < -0.39 is 6.10 Å². The SMILES string of the molecule is CCCNC(C)c1ccccc1OCC(O)CC. The second-order valence-corrected chi connectivity index (χ2v) is 4.59. The van der Waals surface area contributed by atoms with Crippen LogP contribution in [0.25, 0.3) is 0 Å². The maximum absolute atomic E-state index is 9.55. The summed E-state index contributed by atoms with van der Waals surface area (Å²) in [6, 6.07) is 8.27. The van der Waals surface area contributed by atoms with Crippen molar-refractivity contribution in [2.45, 2.75) is 45.8 Å². The van der Waals surface area contributed by atoms with E-state index in [1.165, 1.54) is 0 Å². The van der Waals surface area contributed by atoms with Gasteiger partial charge in [-0.1, -0.05) is 32.0 Å². The van der Waals surface area contributed by atoms with Gasteiger partial charge in [0.25, 0.3) is 0 Å². The van der Waals surface area contributed by atoms with Crippen LogP contribution >= 0.6 is 0 Å². The van der Waals surface area contributed by atoms with E-state index in [9.17, 15) is 5.11 Å². The zero-order valence-corrected chi connectivity index (χ0v) is 11.6. The summed E-state index contributed by atoms with van der Waals surface area (Å²) in [5, 5.41) is 13.0. The molecule has 18 heavy (non-hydrogen) atoms. The lowest BCUT2D eigenvalue weighted by Gasteiger charge is -2.19. The minimum atomic E-state index is -0.392. The van der Waals surface area contributed by atoms with Crippen molar-refractivity contribution in [1.82, 2.24) is 5.32 Å². The third-order valence-electron chi connectivity index (χ3n) is 2.99. The van der Waals surface area contributed by atoms with Crippen molar-refractivity contribution in [2.24, 2.45) is 0 Å². The molecule has 0 aliphatic carbocycles. The zero-order chi connectivity index (χ0) is 13.4. The van der Waals surface area contributed by atoms with Crippen LogP contribution < -0.4 is 10.1 Å². The Labute approximate surface area is 110 Å². The van der Waals surface area contributed by atoms with E-state index in [1.54, 1.807) is 0 Å². The number of para-hydroxylation sites is 1. The lowest BCUT2D eigenvalue weighted by Crippen LogP contribution is -2.21. The Morgan fingerprint density at radius 3 is 2.67 bits per heavy atom. The number of benzene rings is 1. The molecule has 1 rings (SSSR count). The second kappa shape index (κ2) is 8.11. The third-order valence-corrected chi connectivity index (χ3v) is 2.99. The van der Waals surface area contributed by atoms with Gasteiger partial charge in [-0.2, -0.15) is 0 Å². The molecule has 0 amide bonds. The molecule has 0 radical (unpaired) electrons. The summed E-state index contributed by atoms with van der Waals surface area (Å²) < 4.78 is 5.70. The fourth-order valence-electron chi connectivity index (χ4n) is 1.74. The number of aliphatic hydroxyl groups excluding tert-OH is 1. The maximum Gasteiger partial charge on any atom is 0.124 e. The van der Waals surface area contributed by atoms with E-state index in [0.717, 1.165) is 24.3 Å². The molecule has 0 fully saturated rings. The predicted octanol–water partition coefficient (Wildman–Crippen LogP) is 2.90. The molecule has 0 aliphatic heterocycles. The van der Waals surface area contributed by atoms with Crippen molar-refractivity contribution < 1.29 is 9.84 Å². The summed E-state index contributed by atoms with van der Waals surface area (Å²) in [7, 11) is 0. The van der Waals surface area contributed by atoms with Crippen molar-refractivity contribution in [1.29, 1.82) is 0 Å². The first-order valence-electron chi connectivity index (χ1n) is 6.82. The molecule has 0 heterocycles. The van der Waals surface area contributed by atoms with Crippen LogP contribution in [-0.2, 0) is 0 Å². The van der Waals surface area contributed by atoms with Gasteiger partial charge in [-0.3, -0.25) is 0 Å². The smallest absolute Gasteiger partial charge is 0.124 e. The normalized spacial score (nSPS) is 14.2. The first-order chi connectivity index (χ1) is 8.69. The predicted molar refractivity (Wildman–Crippen MR) is 74.9 cm³/mol. The van der Waals surface area contributed by atoms with Crippen LogP contribution in [0.4, 0.5) is 0 Å². The van der Waals surface area contributed by atoms with Crippen LogP contribution in [0.1, 0.15) is 45.2 Å². The Morgan fingerprint density at radius 2 is 2.00 bits per heavy atom. The molecule has 1 aromatic rings. The first-order valence-corrected chi connectivity index (χ1v) is 6.82. The van der Waals surface area contributed by atoms with Crippen LogP contribution in [0, 0.1) is 0 Å². The molecule has 3 nitrogen and oxygen atoms in total. The van der Waals surface area contributed by atoms with Crippen molar-refractivity contribution >= 4 is 0 Å². The van der Waals surface area contributed by atoms with Crippen molar-refractivity contribution in [3.8, 4) is 5.75 Å². The highest BCUT2D eigenvalue weighted by Crippen LogP contribution is 2.24. The van der Waals surface area contributed by atoms with E-state index in [-0.39, 0.29) is 6.04 Å². The second-order valence-electron chi connectivity index (χ2n) is 4.59. The molecule has 0 saturated heterocycles. The summed E-state index contributed by atoms with van der Waals surface area (Å²) in [6.07, 6.45) is 1.44. The molecule has 0 aliphatic rings. The summed E-state index contributed by atoms with van der Waals surface area (Å²) in [5.41, 5.74) is 1.15. The number of hydrogen-bond acceptors (Lipinski definition) is 3. The summed E-state index contributed by atoms with van der Waals surface area (Å²) in [4.78, 5) is 0. The monoisotopic (exact) mass is 251 g/mol. The Balaban J connectivity index is 2.66. The molecule has 0 bridgehead atoms. The van der Waals surface area contributed by atoms with Gasteiger partial charge in [0.15, 0.2) is 0 Å². The summed E-state index contributed by atoms with van der Waals surface area (Å²) in [6.45, 7) is 7.58. The van der Waals surface area contributed by atoms with Crippen LogP contribution in [0.3, 0.4) is 0 Å². The van der Waals surface area contributed by atoms with Gasteiger partial charge in [0.1, 0.15) is 12.4 Å². The molecule has 0 saturated carbocycles. The highest BCUT2D eigenvalue weighted by Gasteiger charge is 2.11. The van der Waals surface area contributed by atoms with E-state index in [4.69, 9.17) is 4.74 Å². The average Bonchev–Trinajstić information content (AvgIpc) is 2.42. The Hall–Kier alpha value is -1.06. The molecule has 2 atom stereocenters. The zero-order valence-electron chi connectivity index (χ0n) is 11.6. The Morgan fingerprint density at radius 1 is 1.28 bits per heavy atom. The van der Waals surface area contributed by atoms with Gasteiger partial charge in [0, 0.05) is 11.6 Å². The van der Waals surface area contributed by atoms with E-state index in [1.807, 2.05) is 25.1 Å². The fourth-order valence-corrected chi connectivity index (χ4v) is 1.74. The van der Waals surface area contributed by atoms with Crippen LogP contribution in [-0.4, -0.2) is 24.4 Å². The van der Waals surface area contributed by atoms with E-state index in [2.05, 4.69) is 25.2 Å². The van der Waals surface area contributed by atoms with Crippen LogP contribution in [0.15, 0.2) is 24.3 Å². The fraction of sp³-hybridized carbons (Fsp3) is 0.600. The molecule has 2 N–H and O–H groups in total. The molecular weight excluding hydrogens is 226 g/mol. The summed E-state index contributed by atoms with van der Waals surface area (Å²) in [5.74, 6) is 0.862. The highest BCUT2D eigenvalue weighted by molar-refractivity contribution is 5.35. The minimum Gasteiger partial charge on any atom is -0.491 e. The Kier molecular flexibility index (Phi) is 6.76. The maximum atomic E-state index is 9.55. The number of hydrogen-bond donors (Lipinski definition) is 2. The van der Waals surface area contributed by atoms with Gasteiger partial charge >= 0.3 is 0 Å². The van der Waals surface area contributed by atoms with Crippen molar-refractivity contribution in [3.63, 3.8) is 0 Å². The van der Waals surface area contributed by atoms with Gasteiger partial charge in [-0.05, 0) is 32.4 Å². The summed E-state index contributed by atoms with van der Waals surface area (Å²) >= 11 is 0. The number of aliphatic hydroxyl groups is 1. The minimum absolute atomic E-state index is 0.264. The largest absolute Gasteiger partial charge is 0.491 e. The van der Waals surface area contributed by atoms with Gasteiger partial charge < -0.3 is 15.2 Å². The number of rotatable bonds is 8. The van der Waals surface area contributed by atoms with Crippen LogP contribution in [0.5, 0.6) is 5.75 Å². The first kappa shape index (κ1) is 15.0. The highest BCUT2D eigenvalue weighted by atomic mass is 16.5. The lowest BCUT2D eigenvalue weighted by atomic mass is 10.1. The van der Waals surface area contributed by atoms with Crippen LogP contribution in [0.2, 0.25) is 0 Å². The molecule has 102 valence electrons. The van der Waals surface area contributed by atoms with Crippen molar-refractivity contribution in [2.75, 3.05) is 13.2 Å². The molecule has 2 unspecified atom stereocenters. The standard InChI is InChI=1S/C15H25NO2/c1-4-10-16-12(3)14-8-6-7-9-15(14)18-11-13(17)5-2/h6-9,12-13,16-17H,4-5,10-11H2,1-3H3. The van der Waals surface area contributed by atoms with Crippen molar-refractivity contribution in [3.05, 3.63) is 29.8 Å².